The topological polar surface area (TPSA) is 68.5 Å². The number of ether oxygens (including phenoxy) is 1. The summed E-state index contributed by atoms with van der Waals surface area (Å²) in [6, 6.07) is 1.46. The highest BCUT2D eigenvalue weighted by Gasteiger charge is 2.17. The third-order valence-corrected chi connectivity index (χ3v) is 2.13. The molecular formula is C10H13NO4. The van der Waals surface area contributed by atoms with Gasteiger partial charge in [0.2, 0.25) is 0 Å². The maximum Gasteiger partial charge on any atom is 0.354 e. The molecule has 0 amide bonds. The quantitative estimate of drug-likeness (QED) is 0.582. The number of esters is 1. The molecule has 1 aromatic rings. The molecule has 0 spiro atoms. The summed E-state index contributed by atoms with van der Waals surface area (Å²) in [5.41, 5.74) is 0.985. The van der Waals surface area contributed by atoms with Gasteiger partial charge in [0.25, 0.3) is 0 Å². The van der Waals surface area contributed by atoms with Crippen LogP contribution < -0.4 is 0 Å². The average molecular weight is 211 g/mol. The third kappa shape index (κ3) is 2.07. The van der Waals surface area contributed by atoms with Gasteiger partial charge in [-0.1, -0.05) is 0 Å². The van der Waals surface area contributed by atoms with Crippen molar-refractivity contribution in [2.75, 3.05) is 6.61 Å². The molecule has 0 aromatic carbocycles. The Hall–Kier alpha value is -1.62. The van der Waals surface area contributed by atoms with Crippen LogP contribution in [0.1, 0.15) is 33.5 Å². The first-order valence-corrected chi connectivity index (χ1v) is 4.57. The lowest BCUT2D eigenvalue weighted by Gasteiger charge is -2.03. The molecule has 0 radical (unpaired) electrons. The minimum absolute atomic E-state index is 0.267. The van der Waals surface area contributed by atoms with E-state index in [-0.39, 0.29) is 18.9 Å². The zero-order valence-corrected chi connectivity index (χ0v) is 8.69. The van der Waals surface area contributed by atoms with Crippen molar-refractivity contribution in [1.82, 2.24) is 4.57 Å². The van der Waals surface area contributed by atoms with Crippen LogP contribution in [0.3, 0.4) is 0 Å². The summed E-state index contributed by atoms with van der Waals surface area (Å²) < 4.78 is 6.22. The molecule has 15 heavy (non-hydrogen) atoms. The number of hydrogen-bond acceptors (Lipinski definition) is 4. The van der Waals surface area contributed by atoms with Crippen LogP contribution >= 0.6 is 0 Å². The Morgan fingerprint density at radius 1 is 1.67 bits per heavy atom. The molecule has 1 N–H and O–H groups in total. The summed E-state index contributed by atoms with van der Waals surface area (Å²) >= 11 is 0. The van der Waals surface area contributed by atoms with E-state index < -0.39 is 5.97 Å². The Bertz CT molecular complexity index is 381. The number of rotatable bonds is 4. The summed E-state index contributed by atoms with van der Waals surface area (Å²) in [5.74, 6) is -0.497. The summed E-state index contributed by atoms with van der Waals surface area (Å²) in [5, 5.41) is 8.97. The van der Waals surface area contributed by atoms with Gasteiger partial charge >= 0.3 is 5.97 Å². The van der Waals surface area contributed by atoms with Crippen molar-refractivity contribution in [3.05, 3.63) is 23.0 Å². The fourth-order valence-electron chi connectivity index (χ4n) is 1.36. The third-order valence-electron chi connectivity index (χ3n) is 2.13. The molecule has 0 fully saturated rings. The monoisotopic (exact) mass is 211 g/mol. The fourth-order valence-corrected chi connectivity index (χ4v) is 1.36. The van der Waals surface area contributed by atoms with Crippen LogP contribution in [-0.2, 0) is 18.4 Å². The van der Waals surface area contributed by atoms with E-state index in [0.29, 0.717) is 17.5 Å². The number of carbonyl (C=O) groups excluding carboxylic acids is 2. The smallest absolute Gasteiger partial charge is 0.354 e. The van der Waals surface area contributed by atoms with Gasteiger partial charge in [0.1, 0.15) is 5.69 Å². The van der Waals surface area contributed by atoms with Gasteiger partial charge in [-0.2, -0.15) is 0 Å². The zero-order chi connectivity index (χ0) is 11.4. The average Bonchev–Trinajstić information content (AvgIpc) is 2.55. The molecule has 5 heteroatoms. The van der Waals surface area contributed by atoms with Gasteiger partial charge in [0.05, 0.1) is 18.9 Å². The van der Waals surface area contributed by atoms with Crippen LogP contribution in [-0.4, -0.2) is 28.5 Å². The van der Waals surface area contributed by atoms with Gasteiger partial charge in [0, 0.05) is 12.6 Å². The molecule has 0 aliphatic carbocycles. The summed E-state index contributed by atoms with van der Waals surface area (Å²) in [6.45, 7) is 1.70. The molecule has 5 nitrogen and oxygen atoms in total. The second-order valence-electron chi connectivity index (χ2n) is 3.00. The van der Waals surface area contributed by atoms with Crippen molar-refractivity contribution < 1.29 is 19.4 Å². The maximum absolute atomic E-state index is 11.4. The van der Waals surface area contributed by atoms with Gasteiger partial charge in [-0.15, -0.1) is 0 Å². The van der Waals surface area contributed by atoms with Gasteiger partial charge in [-0.05, 0) is 13.0 Å². The minimum Gasteiger partial charge on any atom is -0.461 e. The molecule has 0 saturated heterocycles. The first kappa shape index (κ1) is 11.5. The molecule has 1 aromatic heterocycles. The second-order valence-corrected chi connectivity index (χ2v) is 3.00. The van der Waals surface area contributed by atoms with Crippen LogP contribution in [0, 0.1) is 0 Å². The van der Waals surface area contributed by atoms with Crippen molar-refractivity contribution in [2.24, 2.45) is 7.05 Å². The molecule has 0 aliphatic rings. The Balaban J connectivity index is 3.14. The highest BCUT2D eigenvalue weighted by atomic mass is 16.5. The molecule has 0 saturated carbocycles. The van der Waals surface area contributed by atoms with E-state index in [9.17, 15) is 9.59 Å². The highest BCUT2D eigenvalue weighted by molar-refractivity contribution is 5.90. The fraction of sp³-hybridized carbons (Fsp3) is 0.400. The maximum atomic E-state index is 11.4. The molecular weight excluding hydrogens is 198 g/mol. The number of hydrogen-bond donors (Lipinski definition) is 1. The first-order chi connectivity index (χ1) is 7.15. The number of aldehydes is 1. The van der Waals surface area contributed by atoms with Crippen molar-refractivity contribution >= 4 is 12.3 Å². The van der Waals surface area contributed by atoms with Crippen LogP contribution in [0.25, 0.3) is 0 Å². The lowest BCUT2D eigenvalue weighted by molar-refractivity contribution is 0.0515. The predicted molar refractivity (Wildman–Crippen MR) is 52.7 cm³/mol. The van der Waals surface area contributed by atoms with Gasteiger partial charge < -0.3 is 14.4 Å². The van der Waals surface area contributed by atoms with E-state index in [4.69, 9.17) is 9.84 Å². The lowest BCUT2D eigenvalue weighted by Crippen LogP contribution is -2.10. The van der Waals surface area contributed by atoms with Crippen LogP contribution in [0.2, 0.25) is 0 Å². The van der Waals surface area contributed by atoms with Gasteiger partial charge in [-0.25, -0.2) is 4.79 Å². The van der Waals surface area contributed by atoms with E-state index in [1.165, 1.54) is 10.6 Å². The largest absolute Gasteiger partial charge is 0.461 e. The van der Waals surface area contributed by atoms with Crippen molar-refractivity contribution in [1.29, 1.82) is 0 Å². The van der Waals surface area contributed by atoms with E-state index >= 15 is 0 Å². The Morgan fingerprint density at radius 3 is 2.73 bits per heavy atom. The number of aromatic nitrogens is 1. The van der Waals surface area contributed by atoms with Gasteiger partial charge in [-0.3, -0.25) is 4.79 Å². The number of aliphatic hydroxyl groups is 1. The predicted octanol–water partition coefficient (Wildman–Crippen LogP) is 0.507. The Labute approximate surface area is 87.3 Å². The van der Waals surface area contributed by atoms with Crippen molar-refractivity contribution in [3.8, 4) is 0 Å². The number of aliphatic hydroxyl groups excluding tert-OH is 1. The lowest BCUT2D eigenvalue weighted by atomic mass is 10.2. The van der Waals surface area contributed by atoms with Crippen LogP contribution in [0.4, 0.5) is 0 Å². The van der Waals surface area contributed by atoms with Crippen LogP contribution in [0.5, 0.6) is 0 Å². The van der Waals surface area contributed by atoms with Crippen molar-refractivity contribution in [3.63, 3.8) is 0 Å². The van der Waals surface area contributed by atoms with E-state index in [1.807, 2.05) is 0 Å². The standard InChI is InChI=1S/C10H13NO4/c1-3-15-10(14)8-4-7(5-12)9(6-13)11(8)2/h4,6,12H,3,5H2,1-2H3. The number of carbonyl (C=O) groups is 2. The Kier molecular flexibility index (Phi) is 3.62. The molecule has 0 atom stereocenters. The minimum atomic E-state index is -0.497. The normalized spacial score (nSPS) is 10.1. The molecule has 0 aliphatic heterocycles. The summed E-state index contributed by atoms with van der Waals surface area (Å²) in [7, 11) is 1.58. The molecule has 0 bridgehead atoms. The first-order valence-electron chi connectivity index (χ1n) is 4.57. The molecule has 82 valence electrons. The number of nitrogens with zero attached hydrogens (tertiary/aromatic N) is 1. The molecule has 1 heterocycles. The highest BCUT2D eigenvalue weighted by Crippen LogP contribution is 2.14. The van der Waals surface area contributed by atoms with E-state index in [2.05, 4.69) is 0 Å². The van der Waals surface area contributed by atoms with Crippen molar-refractivity contribution in [2.45, 2.75) is 13.5 Å². The zero-order valence-electron chi connectivity index (χ0n) is 8.69. The van der Waals surface area contributed by atoms with E-state index in [0.717, 1.165) is 0 Å². The summed E-state index contributed by atoms with van der Waals surface area (Å²) in [4.78, 5) is 22.1. The van der Waals surface area contributed by atoms with Crippen LogP contribution in [0.15, 0.2) is 6.07 Å². The Morgan fingerprint density at radius 2 is 2.33 bits per heavy atom. The molecule has 1 rings (SSSR count). The second kappa shape index (κ2) is 4.75. The molecule has 0 unspecified atom stereocenters. The SMILES string of the molecule is CCOC(=O)c1cc(CO)c(C=O)n1C. The van der Waals surface area contributed by atoms with Gasteiger partial charge in [0.15, 0.2) is 6.29 Å². The van der Waals surface area contributed by atoms with E-state index in [1.54, 1.807) is 14.0 Å². The summed E-state index contributed by atoms with van der Waals surface area (Å²) in [6.07, 6.45) is 0.605.